The van der Waals surface area contributed by atoms with Gasteiger partial charge in [-0.05, 0) is 91.5 Å². The summed E-state index contributed by atoms with van der Waals surface area (Å²) in [6.45, 7) is 4.72. The number of para-hydroxylation sites is 1. The molecule has 6 aliphatic rings. The third kappa shape index (κ3) is 5.56. The first-order chi connectivity index (χ1) is 25.1. The van der Waals surface area contributed by atoms with E-state index in [0.29, 0.717) is 47.6 Å². The second kappa shape index (κ2) is 13.6. The van der Waals surface area contributed by atoms with Gasteiger partial charge in [-0.2, -0.15) is 0 Å². The quantitative estimate of drug-likeness (QED) is 0.161. The fourth-order valence-corrected chi connectivity index (χ4v) is 10.6. The van der Waals surface area contributed by atoms with Crippen molar-refractivity contribution in [1.29, 1.82) is 0 Å². The van der Waals surface area contributed by atoms with Crippen LogP contribution >= 0.6 is 0 Å². The van der Waals surface area contributed by atoms with Gasteiger partial charge in [-0.15, -0.1) is 0 Å². The van der Waals surface area contributed by atoms with Crippen LogP contribution in [0, 0.1) is 11.8 Å². The fraction of sp³-hybridized carbons (Fsp3) is 0.391. The summed E-state index contributed by atoms with van der Waals surface area (Å²) in [5.41, 5.74) is 16.4. The maximum Gasteiger partial charge on any atom is 0.154 e. The highest BCUT2D eigenvalue weighted by atomic mass is 15.4. The zero-order valence-electron chi connectivity index (χ0n) is 30.1. The van der Waals surface area contributed by atoms with Gasteiger partial charge in [0.1, 0.15) is 12.0 Å². The zero-order chi connectivity index (χ0) is 34.5. The molecule has 2 heterocycles. The van der Waals surface area contributed by atoms with E-state index in [0.717, 1.165) is 43.5 Å². The van der Waals surface area contributed by atoms with Crippen LogP contribution < -0.4 is 10.6 Å². The van der Waals surface area contributed by atoms with Crippen molar-refractivity contribution >= 4 is 17.4 Å². The molecule has 1 fully saturated rings. The monoisotopic (exact) mass is 673 g/mol. The lowest BCUT2D eigenvalue weighted by Gasteiger charge is -2.48. The number of rotatable bonds is 6. The van der Waals surface area contributed by atoms with E-state index in [1.807, 2.05) is 30.3 Å². The Morgan fingerprint density at radius 1 is 0.863 bits per heavy atom. The van der Waals surface area contributed by atoms with E-state index in [2.05, 4.69) is 109 Å². The van der Waals surface area contributed by atoms with E-state index >= 15 is 0 Å². The number of amidine groups is 2. The molecule has 0 bridgehead atoms. The largest absolute Gasteiger partial charge is 0.383 e. The summed E-state index contributed by atoms with van der Waals surface area (Å²) in [5.74, 6) is 3.18. The Balaban J connectivity index is 1.23. The fourth-order valence-electron chi connectivity index (χ4n) is 10.6. The number of nitrogens with two attached hydrogens (primary N) is 1. The molecule has 3 aromatic rings. The van der Waals surface area contributed by atoms with Crippen LogP contribution in [0.4, 0.5) is 5.69 Å². The molecular weight excluding hydrogens is 623 g/mol. The van der Waals surface area contributed by atoms with E-state index in [1.54, 1.807) is 5.56 Å². The molecule has 0 radical (unpaired) electrons. The Morgan fingerprint density at radius 3 is 2.43 bits per heavy atom. The van der Waals surface area contributed by atoms with Crippen LogP contribution in [0.2, 0.25) is 0 Å². The molecule has 4 aliphatic carbocycles. The first kappa shape index (κ1) is 32.4. The highest BCUT2D eigenvalue weighted by molar-refractivity contribution is 6.11. The summed E-state index contributed by atoms with van der Waals surface area (Å²) in [6, 6.07) is 29.9. The molecule has 9 rings (SSSR count). The average Bonchev–Trinajstić information content (AvgIpc) is 3.71. The van der Waals surface area contributed by atoms with E-state index in [-0.39, 0.29) is 6.17 Å². The van der Waals surface area contributed by atoms with E-state index in [9.17, 15) is 0 Å². The lowest BCUT2D eigenvalue weighted by atomic mass is 9.66. The van der Waals surface area contributed by atoms with Crippen molar-refractivity contribution in [1.82, 2.24) is 4.90 Å². The predicted octanol–water partition coefficient (Wildman–Crippen LogP) is 9.64. The number of nitrogens with zero attached hydrogens (tertiary/aromatic N) is 4. The maximum absolute atomic E-state index is 6.76. The molecule has 0 aromatic heterocycles. The number of benzene rings is 3. The smallest absolute Gasteiger partial charge is 0.154 e. The first-order valence-corrected chi connectivity index (χ1v) is 19.6. The van der Waals surface area contributed by atoms with Gasteiger partial charge in [-0.1, -0.05) is 123 Å². The van der Waals surface area contributed by atoms with Crippen LogP contribution in [0.25, 0.3) is 0 Å². The van der Waals surface area contributed by atoms with Crippen molar-refractivity contribution in [3.63, 3.8) is 0 Å². The van der Waals surface area contributed by atoms with Gasteiger partial charge >= 0.3 is 0 Å². The van der Waals surface area contributed by atoms with Crippen molar-refractivity contribution in [2.45, 2.75) is 101 Å². The second-order valence-corrected chi connectivity index (χ2v) is 15.5. The standard InChI is InChI=1S/C46H51N5/c1-3-40(48-46(32-20-8-5-9-21-32)49-45(47)31-18-6-4-7-19-31)51-39-28-15-13-26-37(39)42-35-24-11-10-23-34(35)41-36-25-12-14-27-38(36)50(43(41)44(42)51)33-22-16-17-30(2)29-33/h4-8,10-12,14-15,18-20,23-25,27-30,37,39-44H,3,9,13,16-17,21-22,26H2,1-2H3,(H2,47,48,49). The van der Waals surface area contributed by atoms with Gasteiger partial charge in [0.25, 0.3) is 0 Å². The van der Waals surface area contributed by atoms with Gasteiger partial charge in [0.2, 0.25) is 0 Å². The summed E-state index contributed by atoms with van der Waals surface area (Å²) in [6.07, 6.45) is 23.0. The Hall–Kier alpha value is -4.48. The highest BCUT2D eigenvalue weighted by Crippen LogP contribution is 2.61. The highest BCUT2D eigenvalue weighted by Gasteiger charge is 2.61. The number of fused-ring (bicyclic) bond motifs is 10. The van der Waals surface area contributed by atoms with Crippen molar-refractivity contribution in [3.8, 4) is 0 Å². The number of allylic oxidation sites excluding steroid dienone is 6. The Morgan fingerprint density at radius 2 is 1.65 bits per heavy atom. The number of hydrogen-bond donors (Lipinski definition) is 1. The number of anilines is 1. The Bertz CT molecular complexity index is 1970. The molecule has 2 aliphatic heterocycles. The second-order valence-electron chi connectivity index (χ2n) is 15.5. The lowest BCUT2D eigenvalue weighted by Crippen LogP contribution is -2.57. The molecule has 8 atom stereocenters. The van der Waals surface area contributed by atoms with Crippen molar-refractivity contribution in [3.05, 3.63) is 149 Å². The summed E-state index contributed by atoms with van der Waals surface area (Å²) < 4.78 is 0. The van der Waals surface area contributed by atoms with Crippen LogP contribution in [0.3, 0.4) is 0 Å². The van der Waals surface area contributed by atoms with Crippen LogP contribution in [-0.2, 0) is 0 Å². The third-order valence-corrected chi connectivity index (χ3v) is 12.6. The Kier molecular flexibility index (Phi) is 8.63. The van der Waals surface area contributed by atoms with Crippen LogP contribution in [0.5, 0.6) is 0 Å². The van der Waals surface area contributed by atoms with Crippen molar-refractivity contribution in [2.75, 3.05) is 4.90 Å². The van der Waals surface area contributed by atoms with Gasteiger partial charge in [0.05, 0.1) is 6.04 Å². The molecule has 260 valence electrons. The number of likely N-dealkylation sites (tertiary alicyclic amines) is 1. The van der Waals surface area contributed by atoms with Crippen LogP contribution in [0.15, 0.2) is 137 Å². The SMILES string of the molecule is CCC(/N=C(\N=C(/N)c1ccccc1)C1=CC=CCC1)N1C2C=CCCC2C2c3ccccc3C3c4ccccc4N(C4=CC(C)CCC4)C3C21. The van der Waals surface area contributed by atoms with Crippen LogP contribution in [0.1, 0.15) is 99.3 Å². The summed E-state index contributed by atoms with van der Waals surface area (Å²) in [5, 5.41) is 0. The molecule has 3 aromatic carbocycles. The molecule has 0 spiro atoms. The van der Waals surface area contributed by atoms with Gasteiger partial charge in [-0.25, -0.2) is 9.98 Å². The third-order valence-electron chi connectivity index (χ3n) is 12.6. The zero-order valence-corrected chi connectivity index (χ0v) is 30.1. The van der Waals surface area contributed by atoms with E-state index in [1.165, 1.54) is 47.3 Å². The first-order valence-electron chi connectivity index (χ1n) is 19.6. The summed E-state index contributed by atoms with van der Waals surface area (Å²) in [7, 11) is 0. The molecule has 5 nitrogen and oxygen atoms in total. The molecule has 0 amide bonds. The molecule has 51 heavy (non-hydrogen) atoms. The molecule has 8 unspecified atom stereocenters. The summed E-state index contributed by atoms with van der Waals surface area (Å²) >= 11 is 0. The lowest BCUT2D eigenvalue weighted by molar-refractivity contribution is 0.115. The minimum atomic E-state index is -0.0416. The molecular formula is C46H51N5. The topological polar surface area (TPSA) is 57.2 Å². The number of aliphatic imine (C=N–C) groups is 2. The molecule has 5 heteroatoms. The van der Waals surface area contributed by atoms with Gasteiger partial charge < -0.3 is 10.6 Å². The number of hydrogen-bond acceptors (Lipinski definition) is 3. The predicted molar refractivity (Wildman–Crippen MR) is 211 cm³/mol. The van der Waals surface area contributed by atoms with Gasteiger partial charge in [0.15, 0.2) is 5.84 Å². The van der Waals surface area contributed by atoms with Crippen molar-refractivity contribution < 1.29 is 0 Å². The van der Waals surface area contributed by atoms with Gasteiger partial charge in [0, 0.05) is 40.9 Å². The average molecular weight is 674 g/mol. The van der Waals surface area contributed by atoms with E-state index in [4.69, 9.17) is 15.7 Å². The van der Waals surface area contributed by atoms with Crippen molar-refractivity contribution in [2.24, 2.45) is 27.6 Å². The minimum Gasteiger partial charge on any atom is -0.383 e. The minimum absolute atomic E-state index is 0.0416. The maximum atomic E-state index is 6.76. The van der Waals surface area contributed by atoms with Gasteiger partial charge in [-0.3, -0.25) is 4.90 Å². The molecule has 0 saturated carbocycles. The molecule has 1 saturated heterocycles. The van der Waals surface area contributed by atoms with E-state index < -0.39 is 0 Å². The Labute approximate surface area is 304 Å². The summed E-state index contributed by atoms with van der Waals surface area (Å²) in [4.78, 5) is 16.6. The normalized spacial score (nSPS) is 30.5. The van der Waals surface area contributed by atoms with Crippen LogP contribution in [-0.4, -0.2) is 40.9 Å². The molecule has 2 N–H and O–H groups in total.